The number of H-pyrrole nitrogens is 1. The lowest BCUT2D eigenvalue weighted by molar-refractivity contribution is -0.122. The Morgan fingerprint density at radius 2 is 2.08 bits per heavy atom. The van der Waals surface area contributed by atoms with Crippen molar-refractivity contribution in [1.82, 2.24) is 25.1 Å². The summed E-state index contributed by atoms with van der Waals surface area (Å²) < 4.78 is 0. The third-order valence-electron chi connectivity index (χ3n) is 4.86. The van der Waals surface area contributed by atoms with Crippen molar-refractivity contribution >= 4 is 16.9 Å². The van der Waals surface area contributed by atoms with Crippen LogP contribution < -0.4 is 5.32 Å². The zero-order valence-electron chi connectivity index (χ0n) is 14.9. The second-order valence-electron chi connectivity index (χ2n) is 6.80. The van der Waals surface area contributed by atoms with Crippen molar-refractivity contribution in [3.8, 4) is 0 Å². The summed E-state index contributed by atoms with van der Waals surface area (Å²) in [5.41, 5.74) is 4.44. The van der Waals surface area contributed by atoms with Gasteiger partial charge in [-0.05, 0) is 57.6 Å². The molecule has 1 saturated heterocycles. The normalized spacial score (nSPS) is 17.1. The molecule has 0 spiro atoms. The zero-order valence-corrected chi connectivity index (χ0v) is 14.9. The Hall–Kier alpha value is -1.92. The van der Waals surface area contributed by atoms with E-state index in [2.05, 4.69) is 52.0 Å². The number of carbonyl (C=O) groups excluding carboxylic acids is 1. The molecule has 2 N–H and O–H groups in total. The monoisotopic (exact) mass is 329 g/mol. The van der Waals surface area contributed by atoms with Crippen LogP contribution in [0.15, 0.2) is 12.1 Å². The summed E-state index contributed by atoms with van der Waals surface area (Å²) in [7, 11) is 2.13. The number of carbonyl (C=O) groups is 1. The van der Waals surface area contributed by atoms with E-state index in [0.717, 1.165) is 49.5 Å². The zero-order chi connectivity index (χ0) is 17.1. The number of imidazole rings is 1. The van der Waals surface area contributed by atoms with Crippen molar-refractivity contribution in [2.45, 2.75) is 26.8 Å². The largest absolute Gasteiger partial charge is 0.348 e. The molecule has 0 unspecified atom stereocenters. The summed E-state index contributed by atoms with van der Waals surface area (Å²) in [5.74, 6) is 0.871. The number of hydrogen-bond acceptors (Lipinski definition) is 4. The van der Waals surface area contributed by atoms with Gasteiger partial charge in [0.05, 0.1) is 24.1 Å². The van der Waals surface area contributed by atoms with E-state index < -0.39 is 0 Å². The van der Waals surface area contributed by atoms with E-state index in [1.54, 1.807) is 0 Å². The first kappa shape index (κ1) is 16.9. The standard InChI is InChI=1S/C18H27N5O/c1-13-5-6-15-18(14(13)2)21-16(20-15)11-19-17(24)12-23-8-4-7-22(3)9-10-23/h5-6H,4,7-12H2,1-3H3,(H,19,24)(H,20,21). The number of hydrogen-bond donors (Lipinski definition) is 2. The highest BCUT2D eigenvalue weighted by atomic mass is 16.2. The first-order valence-corrected chi connectivity index (χ1v) is 8.65. The minimum Gasteiger partial charge on any atom is -0.348 e. The van der Waals surface area contributed by atoms with E-state index in [1.165, 1.54) is 11.1 Å². The van der Waals surface area contributed by atoms with E-state index in [1.807, 2.05) is 6.07 Å². The molecule has 1 aromatic carbocycles. The summed E-state index contributed by atoms with van der Waals surface area (Å²) in [6.07, 6.45) is 1.12. The van der Waals surface area contributed by atoms with Crippen molar-refractivity contribution in [1.29, 1.82) is 0 Å². The third-order valence-corrected chi connectivity index (χ3v) is 4.86. The number of nitrogens with one attached hydrogen (secondary N) is 2. The lowest BCUT2D eigenvalue weighted by Gasteiger charge is -2.19. The van der Waals surface area contributed by atoms with Gasteiger partial charge in [-0.25, -0.2) is 4.98 Å². The van der Waals surface area contributed by atoms with Crippen LogP contribution in [0.3, 0.4) is 0 Å². The minimum absolute atomic E-state index is 0.0629. The van der Waals surface area contributed by atoms with Gasteiger partial charge in [0.25, 0.3) is 0 Å². The van der Waals surface area contributed by atoms with Crippen molar-refractivity contribution in [3.63, 3.8) is 0 Å². The topological polar surface area (TPSA) is 64.3 Å². The highest BCUT2D eigenvalue weighted by molar-refractivity contribution is 5.80. The van der Waals surface area contributed by atoms with Gasteiger partial charge in [0, 0.05) is 13.1 Å². The number of rotatable bonds is 4. The summed E-state index contributed by atoms with van der Waals surface area (Å²) in [6.45, 7) is 9.14. The number of nitrogens with zero attached hydrogens (tertiary/aromatic N) is 3. The molecule has 0 radical (unpaired) electrons. The van der Waals surface area contributed by atoms with Gasteiger partial charge in [-0.1, -0.05) is 6.07 Å². The lowest BCUT2D eigenvalue weighted by Crippen LogP contribution is -2.38. The van der Waals surface area contributed by atoms with Crippen LogP contribution in [0.5, 0.6) is 0 Å². The Bertz CT molecular complexity index is 724. The van der Waals surface area contributed by atoms with Crippen molar-refractivity contribution < 1.29 is 4.79 Å². The number of benzene rings is 1. The van der Waals surface area contributed by atoms with Crippen LogP contribution in [0.1, 0.15) is 23.4 Å². The maximum Gasteiger partial charge on any atom is 0.234 e. The highest BCUT2D eigenvalue weighted by Crippen LogP contribution is 2.19. The fourth-order valence-corrected chi connectivity index (χ4v) is 3.15. The molecule has 1 amide bonds. The maximum absolute atomic E-state index is 12.2. The molecular weight excluding hydrogens is 302 g/mol. The van der Waals surface area contributed by atoms with E-state index in [-0.39, 0.29) is 5.91 Å². The number of aromatic amines is 1. The minimum atomic E-state index is 0.0629. The molecule has 0 bridgehead atoms. The van der Waals surface area contributed by atoms with Gasteiger partial charge in [-0.2, -0.15) is 0 Å². The molecule has 1 fully saturated rings. The lowest BCUT2D eigenvalue weighted by atomic mass is 10.1. The van der Waals surface area contributed by atoms with E-state index >= 15 is 0 Å². The molecule has 6 heteroatoms. The van der Waals surface area contributed by atoms with Crippen LogP contribution >= 0.6 is 0 Å². The van der Waals surface area contributed by atoms with E-state index in [0.29, 0.717) is 13.1 Å². The first-order valence-electron chi connectivity index (χ1n) is 8.65. The number of likely N-dealkylation sites (N-methyl/N-ethyl adjacent to an activating group) is 1. The van der Waals surface area contributed by atoms with Gasteiger partial charge in [-0.15, -0.1) is 0 Å². The van der Waals surface area contributed by atoms with Crippen LogP contribution in [-0.2, 0) is 11.3 Å². The first-order chi connectivity index (χ1) is 11.5. The average molecular weight is 329 g/mol. The Morgan fingerprint density at radius 1 is 1.25 bits per heavy atom. The van der Waals surface area contributed by atoms with Crippen LogP contribution in [0.25, 0.3) is 11.0 Å². The molecule has 6 nitrogen and oxygen atoms in total. The molecule has 1 aliphatic rings. The van der Waals surface area contributed by atoms with Gasteiger partial charge in [0.1, 0.15) is 5.82 Å². The summed E-state index contributed by atoms with van der Waals surface area (Å²) in [5, 5.41) is 2.98. The number of aromatic nitrogens is 2. The SMILES string of the molecule is Cc1ccc2[nH]c(CNC(=O)CN3CCCN(C)CC3)nc2c1C. The fourth-order valence-electron chi connectivity index (χ4n) is 3.15. The second kappa shape index (κ2) is 7.32. The molecule has 0 atom stereocenters. The van der Waals surface area contributed by atoms with Crippen LogP contribution in [0, 0.1) is 13.8 Å². The Labute approximate surface area is 143 Å². The van der Waals surface area contributed by atoms with Crippen molar-refractivity contribution in [2.75, 3.05) is 39.8 Å². The molecule has 130 valence electrons. The van der Waals surface area contributed by atoms with Gasteiger partial charge in [-0.3, -0.25) is 9.69 Å². The van der Waals surface area contributed by atoms with Crippen LogP contribution in [0.4, 0.5) is 0 Å². The van der Waals surface area contributed by atoms with E-state index in [4.69, 9.17) is 0 Å². The second-order valence-corrected chi connectivity index (χ2v) is 6.80. The number of amides is 1. The molecule has 1 aliphatic heterocycles. The summed E-state index contributed by atoms with van der Waals surface area (Å²) in [6, 6.07) is 4.14. The van der Waals surface area contributed by atoms with E-state index in [9.17, 15) is 4.79 Å². The molecule has 2 heterocycles. The van der Waals surface area contributed by atoms with Crippen molar-refractivity contribution in [3.05, 3.63) is 29.1 Å². The Balaban J connectivity index is 1.55. The number of fused-ring (bicyclic) bond motifs is 1. The smallest absolute Gasteiger partial charge is 0.234 e. The van der Waals surface area contributed by atoms with Gasteiger partial charge >= 0.3 is 0 Å². The Kier molecular flexibility index (Phi) is 5.16. The fraction of sp³-hybridized carbons (Fsp3) is 0.556. The Morgan fingerprint density at radius 3 is 2.92 bits per heavy atom. The number of aryl methyl sites for hydroxylation is 2. The van der Waals surface area contributed by atoms with Gasteiger partial charge in [0.2, 0.25) is 5.91 Å². The maximum atomic E-state index is 12.2. The summed E-state index contributed by atoms with van der Waals surface area (Å²) in [4.78, 5) is 24.7. The van der Waals surface area contributed by atoms with Crippen molar-refractivity contribution in [2.24, 2.45) is 0 Å². The van der Waals surface area contributed by atoms with Crippen LogP contribution in [-0.4, -0.2) is 65.4 Å². The van der Waals surface area contributed by atoms with Crippen LogP contribution in [0.2, 0.25) is 0 Å². The molecule has 24 heavy (non-hydrogen) atoms. The molecule has 0 saturated carbocycles. The predicted octanol–water partition coefficient (Wildman–Crippen LogP) is 1.43. The third kappa shape index (κ3) is 3.94. The molecular formula is C18H27N5O. The molecule has 2 aromatic rings. The molecule has 0 aliphatic carbocycles. The van der Waals surface area contributed by atoms with Gasteiger partial charge in [0.15, 0.2) is 0 Å². The average Bonchev–Trinajstić information content (AvgIpc) is 2.87. The predicted molar refractivity (Wildman–Crippen MR) is 96.0 cm³/mol. The highest BCUT2D eigenvalue weighted by Gasteiger charge is 2.15. The molecule has 3 rings (SSSR count). The summed E-state index contributed by atoms with van der Waals surface area (Å²) >= 11 is 0. The molecule has 1 aromatic heterocycles. The van der Waals surface area contributed by atoms with Gasteiger partial charge < -0.3 is 15.2 Å². The quantitative estimate of drug-likeness (QED) is 0.891.